The normalized spacial score (nSPS) is 26.2. The number of hydrogen-bond acceptors (Lipinski definition) is 2. The summed E-state index contributed by atoms with van der Waals surface area (Å²) >= 11 is 0. The van der Waals surface area contributed by atoms with Gasteiger partial charge in [0, 0.05) is 13.1 Å². The van der Waals surface area contributed by atoms with E-state index in [1.54, 1.807) is 0 Å². The Morgan fingerprint density at radius 2 is 1.62 bits per heavy atom. The highest BCUT2D eigenvalue weighted by molar-refractivity contribution is 5.82. The van der Waals surface area contributed by atoms with Crippen molar-refractivity contribution < 1.29 is 4.79 Å². The molecule has 0 spiro atoms. The number of likely N-dealkylation sites (tertiary alicyclic amines) is 2. The largest absolute Gasteiger partial charge is 0.341 e. The summed E-state index contributed by atoms with van der Waals surface area (Å²) in [5.74, 6) is 0.379. The third-order valence-electron chi connectivity index (χ3n) is 3.47. The summed E-state index contributed by atoms with van der Waals surface area (Å²) in [6, 6.07) is 0.188. The molecule has 1 unspecified atom stereocenters. The third-order valence-corrected chi connectivity index (χ3v) is 3.47. The minimum Gasteiger partial charge on any atom is -0.341 e. The molecule has 0 N–H and O–H groups in total. The molecular weight excluding hydrogens is 200 g/mol. The van der Waals surface area contributed by atoms with Gasteiger partial charge in [-0.3, -0.25) is 9.69 Å². The van der Waals surface area contributed by atoms with Crippen molar-refractivity contribution in [2.75, 3.05) is 26.7 Å². The minimum atomic E-state index is 0.188. The highest BCUT2D eigenvalue weighted by Gasteiger charge is 2.31. The molecule has 2 aliphatic rings. The van der Waals surface area contributed by atoms with E-state index in [0.29, 0.717) is 5.91 Å². The van der Waals surface area contributed by atoms with Crippen LogP contribution < -0.4 is 0 Å². The van der Waals surface area contributed by atoms with E-state index < -0.39 is 0 Å². The zero-order valence-corrected chi connectivity index (χ0v) is 11.0. The maximum Gasteiger partial charge on any atom is 0.239 e. The van der Waals surface area contributed by atoms with Crippen LogP contribution in [0.3, 0.4) is 0 Å². The number of likely N-dealkylation sites (N-methyl/N-ethyl adjacent to an activating group) is 1. The van der Waals surface area contributed by atoms with E-state index in [0.717, 1.165) is 26.1 Å². The van der Waals surface area contributed by atoms with Crippen molar-refractivity contribution in [2.45, 2.75) is 52.0 Å². The summed E-state index contributed by atoms with van der Waals surface area (Å²) in [6.45, 7) is 7.07. The van der Waals surface area contributed by atoms with Crippen LogP contribution in [0.2, 0.25) is 0 Å². The molecule has 2 heterocycles. The summed E-state index contributed by atoms with van der Waals surface area (Å²) < 4.78 is 0. The summed E-state index contributed by atoms with van der Waals surface area (Å²) in [7, 11) is 2.07. The first-order chi connectivity index (χ1) is 7.79. The SMILES string of the molecule is CC.CN1CCCC1C(=O)N1CCCCC1. The number of nitrogens with zero attached hydrogens (tertiary/aromatic N) is 2. The molecule has 3 heteroatoms. The molecule has 3 nitrogen and oxygen atoms in total. The van der Waals surface area contributed by atoms with E-state index in [1.807, 2.05) is 13.8 Å². The lowest BCUT2D eigenvalue weighted by atomic mass is 10.1. The highest BCUT2D eigenvalue weighted by Crippen LogP contribution is 2.19. The molecule has 2 aliphatic heterocycles. The number of rotatable bonds is 1. The predicted octanol–water partition coefficient (Wildman–Crippen LogP) is 2.12. The van der Waals surface area contributed by atoms with Crippen LogP contribution >= 0.6 is 0 Å². The van der Waals surface area contributed by atoms with Gasteiger partial charge >= 0.3 is 0 Å². The maximum absolute atomic E-state index is 12.1. The van der Waals surface area contributed by atoms with Crippen molar-refractivity contribution in [3.8, 4) is 0 Å². The van der Waals surface area contributed by atoms with Crippen molar-refractivity contribution in [1.29, 1.82) is 0 Å². The van der Waals surface area contributed by atoms with Gasteiger partial charge in [0.1, 0.15) is 0 Å². The van der Waals surface area contributed by atoms with E-state index in [9.17, 15) is 4.79 Å². The second-order valence-electron chi connectivity index (χ2n) is 4.52. The molecule has 0 bridgehead atoms. The van der Waals surface area contributed by atoms with Crippen LogP contribution in [0.1, 0.15) is 46.0 Å². The van der Waals surface area contributed by atoms with Crippen LogP contribution in [-0.2, 0) is 4.79 Å². The first-order valence-electron chi connectivity index (χ1n) is 6.78. The van der Waals surface area contributed by atoms with E-state index in [1.165, 1.54) is 25.7 Å². The number of carbonyl (C=O) groups is 1. The van der Waals surface area contributed by atoms with Gasteiger partial charge in [-0.15, -0.1) is 0 Å². The average Bonchev–Trinajstić information content (AvgIpc) is 2.78. The van der Waals surface area contributed by atoms with Gasteiger partial charge in [0.15, 0.2) is 0 Å². The van der Waals surface area contributed by atoms with Gasteiger partial charge in [-0.05, 0) is 45.7 Å². The summed E-state index contributed by atoms with van der Waals surface area (Å²) in [6.07, 6.45) is 5.93. The van der Waals surface area contributed by atoms with Crippen molar-refractivity contribution in [1.82, 2.24) is 9.80 Å². The summed E-state index contributed by atoms with van der Waals surface area (Å²) in [5, 5.41) is 0. The molecule has 1 atom stereocenters. The Morgan fingerprint density at radius 1 is 1.00 bits per heavy atom. The van der Waals surface area contributed by atoms with Gasteiger partial charge < -0.3 is 4.90 Å². The number of amides is 1. The second kappa shape index (κ2) is 6.89. The Bertz CT molecular complexity index is 212. The number of carbonyl (C=O) groups excluding carboxylic acids is 1. The topological polar surface area (TPSA) is 23.6 Å². The maximum atomic E-state index is 12.1. The van der Waals surface area contributed by atoms with Gasteiger partial charge in [-0.25, -0.2) is 0 Å². The molecule has 2 rings (SSSR count). The number of hydrogen-bond donors (Lipinski definition) is 0. The summed E-state index contributed by atoms with van der Waals surface area (Å²) in [4.78, 5) is 16.4. The molecule has 0 radical (unpaired) electrons. The van der Waals surface area contributed by atoms with Gasteiger partial charge in [0.25, 0.3) is 0 Å². The van der Waals surface area contributed by atoms with Gasteiger partial charge in [0.05, 0.1) is 6.04 Å². The van der Waals surface area contributed by atoms with Crippen LogP contribution in [0.15, 0.2) is 0 Å². The van der Waals surface area contributed by atoms with Crippen LogP contribution in [0.4, 0.5) is 0 Å². The smallest absolute Gasteiger partial charge is 0.239 e. The van der Waals surface area contributed by atoms with Gasteiger partial charge in [0.2, 0.25) is 5.91 Å². The quantitative estimate of drug-likeness (QED) is 0.684. The lowest BCUT2D eigenvalue weighted by molar-refractivity contribution is -0.136. The van der Waals surface area contributed by atoms with Crippen LogP contribution in [0.25, 0.3) is 0 Å². The van der Waals surface area contributed by atoms with Crippen LogP contribution in [0, 0.1) is 0 Å². The molecule has 0 aliphatic carbocycles. The minimum absolute atomic E-state index is 0.188. The molecule has 16 heavy (non-hydrogen) atoms. The molecular formula is C13H26N2O. The summed E-state index contributed by atoms with van der Waals surface area (Å²) in [5.41, 5.74) is 0. The lowest BCUT2D eigenvalue weighted by Crippen LogP contribution is -2.46. The standard InChI is InChI=1S/C11H20N2O.C2H6/c1-12-7-5-6-10(12)11(14)13-8-3-2-4-9-13;1-2/h10H,2-9H2,1H3;1-2H3. The van der Waals surface area contributed by atoms with E-state index in [2.05, 4.69) is 16.8 Å². The molecule has 0 aromatic carbocycles. The van der Waals surface area contributed by atoms with Crippen molar-refractivity contribution >= 4 is 5.91 Å². The molecule has 0 saturated carbocycles. The van der Waals surface area contributed by atoms with E-state index >= 15 is 0 Å². The fraction of sp³-hybridized carbons (Fsp3) is 0.923. The Kier molecular flexibility index (Phi) is 5.81. The zero-order valence-electron chi connectivity index (χ0n) is 11.0. The monoisotopic (exact) mass is 226 g/mol. The third kappa shape index (κ3) is 3.21. The molecule has 0 aromatic rings. The van der Waals surface area contributed by atoms with Crippen LogP contribution in [0.5, 0.6) is 0 Å². The fourth-order valence-electron chi connectivity index (χ4n) is 2.55. The molecule has 0 aromatic heterocycles. The van der Waals surface area contributed by atoms with Crippen molar-refractivity contribution in [3.05, 3.63) is 0 Å². The van der Waals surface area contributed by atoms with Crippen molar-refractivity contribution in [3.63, 3.8) is 0 Å². The lowest BCUT2D eigenvalue weighted by Gasteiger charge is -2.31. The molecule has 94 valence electrons. The van der Waals surface area contributed by atoms with Gasteiger partial charge in [-0.1, -0.05) is 13.8 Å². The fourth-order valence-corrected chi connectivity index (χ4v) is 2.55. The second-order valence-corrected chi connectivity index (χ2v) is 4.52. The van der Waals surface area contributed by atoms with Gasteiger partial charge in [-0.2, -0.15) is 0 Å². The van der Waals surface area contributed by atoms with E-state index in [-0.39, 0.29) is 6.04 Å². The number of piperidine rings is 1. The molecule has 2 saturated heterocycles. The Labute approximate surface area is 99.8 Å². The Balaban J connectivity index is 0.000000606. The Hall–Kier alpha value is -0.570. The average molecular weight is 226 g/mol. The highest BCUT2D eigenvalue weighted by atomic mass is 16.2. The predicted molar refractivity (Wildman–Crippen MR) is 67.4 cm³/mol. The first kappa shape index (κ1) is 13.5. The Morgan fingerprint density at radius 3 is 2.12 bits per heavy atom. The molecule has 1 amide bonds. The van der Waals surface area contributed by atoms with Crippen molar-refractivity contribution in [2.24, 2.45) is 0 Å². The zero-order chi connectivity index (χ0) is 12.0. The van der Waals surface area contributed by atoms with E-state index in [4.69, 9.17) is 0 Å². The molecule has 2 fully saturated rings. The first-order valence-corrected chi connectivity index (χ1v) is 6.78. The van der Waals surface area contributed by atoms with Crippen LogP contribution in [-0.4, -0.2) is 48.4 Å².